The van der Waals surface area contributed by atoms with Gasteiger partial charge >= 0.3 is 0 Å². The molecule has 15 heavy (non-hydrogen) atoms. The van der Waals surface area contributed by atoms with E-state index in [1.165, 1.54) is 4.57 Å². The SMILES string of the molecule is CCCC(O)CNc1nccn(C)c1=O. The van der Waals surface area contributed by atoms with E-state index in [0.717, 1.165) is 12.8 Å². The van der Waals surface area contributed by atoms with E-state index in [-0.39, 0.29) is 11.4 Å². The fourth-order valence-electron chi connectivity index (χ4n) is 1.27. The third-order valence-corrected chi connectivity index (χ3v) is 2.14. The standard InChI is InChI=1S/C10H17N3O2/c1-3-4-8(14)7-12-9-10(15)13(2)6-5-11-9/h5-6,8,14H,3-4,7H2,1-2H3,(H,11,12). The number of anilines is 1. The highest BCUT2D eigenvalue weighted by Crippen LogP contribution is 1.98. The summed E-state index contributed by atoms with van der Waals surface area (Å²) in [7, 11) is 1.66. The second-order valence-electron chi connectivity index (χ2n) is 3.52. The zero-order valence-corrected chi connectivity index (χ0v) is 9.10. The molecule has 0 aliphatic rings. The van der Waals surface area contributed by atoms with Crippen molar-refractivity contribution in [2.24, 2.45) is 7.05 Å². The second kappa shape index (κ2) is 5.50. The first-order valence-corrected chi connectivity index (χ1v) is 5.08. The van der Waals surface area contributed by atoms with E-state index >= 15 is 0 Å². The van der Waals surface area contributed by atoms with Gasteiger partial charge in [-0.25, -0.2) is 4.98 Å². The third kappa shape index (κ3) is 3.36. The molecule has 0 spiro atoms. The first kappa shape index (κ1) is 11.7. The van der Waals surface area contributed by atoms with Gasteiger partial charge < -0.3 is 15.0 Å². The minimum atomic E-state index is -0.429. The summed E-state index contributed by atoms with van der Waals surface area (Å²) in [5.74, 6) is 0.287. The molecule has 0 fully saturated rings. The van der Waals surface area contributed by atoms with Gasteiger partial charge in [0.15, 0.2) is 5.82 Å². The van der Waals surface area contributed by atoms with Crippen molar-refractivity contribution < 1.29 is 5.11 Å². The van der Waals surface area contributed by atoms with Crippen LogP contribution in [-0.4, -0.2) is 27.3 Å². The van der Waals surface area contributed by atoms with Crippen LogP contribution in [0, 0.1) is 0 Å². The molecule has 0 saturated heterocycles. The van der Waals surface area contributed by atoms with Crippen molar-refractivity contribution >= 4 is 5.82 Å². The predicted molar refractivity (Wildman–Crippen MR) is 58.9 cm³/mol. The Kier molecular flexibility index (Phi) is 4.30. The van der Waals surface area contributed by atoms with Gasteiger partial charge in [0.05, 0.1) is 6.10 Å². The summed E-state index contributed by atoms with van der Waals surface area (Å²) in [5.41, 5.74) is -0.179. The second-order valence-corrected chi connectivity index (χ2v) is 3.52. The summed E-state index contributed by atoms with van der Waals surface area (Å²) in [6.45, 7) is 2.36. The normalized spacial score (nSPS) is 12.5. The number of aromatic nitrogens is 2. The van der Waals surface area contributed by atoms with E-state index in [9.17, 15) is 9.90 Å². The Balaban J connectivity index is 2.58. The van der Waals surface area contributed by atoms with Crippen LogP contribution in [0.4, 0.5) is 5.82 Å². The van der Waals surface area contributed by atoms with Gasteiger partial charge in [0.25, 0.3) is 5.56 Å². The number of aryl methyl sites for hydroxylation is 1. The molecule has 1 rings (SSSR count). The maximum atomic E-state index is 11.5. The maximum Gasteiger partial charge on any atom is 0.293 e. The number of hydrogen-bond donors (Lipinski definition) is 2. The summed E-state index contributed by atoms with van der Waals surface area (Å²) in [6, 6.07) is 0. The smallest absolute Gasteiger partial charge is 0.293 e. The Morgan fingerprint density at radius 3 is 3.07 bits per heavy atom. The fraction of sp³-hybridized carbons (Fsp3) is 0.600. The number of nitrogens with zero attached hydrogens (tertiary/aromatic N) is 2. The summed E-state index contributed by atoms with van der Waals surface area (Å²) in [4.78, 5) is 15.4. The van der Waals surface area contributed by atoms with E-state index in [1.54, 1.807) is 19.4 Å². The van der Waals surface area contributed by atoms with Gasteiger partial charge in [0.1, 0.15) is 0 Å². The van der Waals surface area contributed by atoms with Crippen molar-refractivity contribution in [1.29, 1.82) is 0 Å². The van der Waals surface area contributed by atoms with Crippen LogP contribution in [0.25, 0.3) is 0 Å². The largest absolute Gasteiger partial charge is 0.391 e. The van der Waals surface area contributed by atoms with Crippen molar-refractivity contribution in [1.82, 2.24) is 9.55 Å². The van der Waals surface area contributed by atoms with Crippen LogP contribution in [0.2, 0.25) is 0 Å². The number of hydrogen-bond acceptors (Lipinski definition) is 4. The minimum Gasteiger partial charge on any atom is -0.391 e. The van der Waals surface area contributed by atoms with E-state index < -0.39 is 6.10 Å². The lowest BCUT2D eigenvalue weighted by molar-refractivity contribution is 0.176. The molecule has 1 unspecified atom stereocenters. The van der Waals surface area contributed by atoms with Gasteiger partial charge in [-0.1, -0.05) is 13.3 Å². The molecule has 0 amide bonds. The lowest BCUT2D eigenvalue weighted by Crippen LogP contribution is -2.26. The molecule has 5 heteroatoms. The molecule has 0 bridgehead atoms. The topological polar surface area (TPSA) is 67.2 Å². The molecule has 1 aromatic rings. The maximum absolute atomic E-state index is 11.5. The summed E-state index contributed by atoms with van der Waals surface area (Å²) >= 11 is 0. The molecule has 1 aromatic heterocycles. The van der Waals surface area contributed by atoms with Crippen molar-refractivity contribution in [3.63, 3.8) is 0 Å². The summed E-state index contributed by atoms with van der Waals surface area (Å²) < 4.78 is 1.45. The Morgan fingerprint density at radius 1 is 1.67 bits per heavy atom. The average Bonchev–Trinajstić information content (AvgIpc) is 2.21. The van der Waals surface area contributed by atoms with Crippen LogP contribution in [-0.2, 0) is 7.05 Å². The van der Waals surface area contributed by atoms with Crippen molar-refractivity contribution in [3.05, 3.63) is 22.7 Å². The third-order valence-electron chi connectivity index (χ3n) is 2.14. The monoisotopic (exact) mass is 211 g/mol. The number of nitrogens with one attached hydrogen (secondary N) is 1. The van der Waals surface area contributed by atoms with Crippen LogP contribution >= 0.6 is 0 Å². The van der Waals surface area contributed by atoms with Crippen LogP contribution < -0.4 is 10.9 Å². The highest BCUT2D eigenvalue weighted by atomic mass is 16.3. The van der Waals surface area contributed by atoms with Crippen molar-refractivity contribution in [3.8, 4) is 0 Å². The van der Waals surface area contributed by atoms with Gasteiger partial charge in [-0.3, -0.25) is 4.79 Å². The molecule has 0 radical (unpaired) electrons. The van der Waals surface area contributed by atoms with E-state index in [4.69, 9.17) is 0 Å². The Hall–Kier alpha value is -1.36. The number of aliphatic hydroxyl groups is 1. The molecule has 0 aliphatic heterocycles. The van der Waals surface area contributed by atoms with E-state index in [1.807, 2.05) is 6.92 Å². The van der Waals surface area contributed by atoms with Crippen molar-refractivity contribution in [2.45, 2.75) is 25.9 Å². The highest BCUT2D eigenvalue weighted by molar-refractivity contribution is 5.30. The van der Waals surface area contributed by atoms with E-state index in [2.05, 4.69) is 10.3 Å². The molecular formula is C10H17N3O2. The van der Waals surface area contributed by atoms with Crippen LogP contribution in [0.5, 0.6) is 0 Å². The minimum absolute atomic E-state index is 0.179. The van der Waals surface area contributed by atoms with E-state index in [0.29, 0.717) is 6.54 Å². The Morgan fingerprint density at radius 2 is 2.40 bits per heavy atom. The lowest BCUT2D eigenvalue weighted by atomic mass is 10.2. The van der Waals surface area contributed by atoms with Crippen LogP contribution in [0.1, 0.15) is 19.8 Å². The van der Waals surface area contributed by atoms with Crippen molar-refractivity contribution in [2.75, 3.05) is 11.9 Å². The van der Waals surface area contributed by atoms with Gasteiger partial charge in [-0.2, -0.15) is 0 Å². The van der Waals surface area contributed by atoms with Gasteiger partial charge in [-0.15, -0.1) is 0 Å². The molecule has 1 atom stereocenters. The molecule has 0 saturated carbocycles. The average molecular weight is 211 g/mol. The Labute approximate surface area is 88.8 Å². The zero-order chi connectivity index (χ0) is 11.3. The molecule has 2 N–H and O–H groups in total. The Bertz CT molecular complexity index is 362. The quantitative estimate of drug-likeness (QED) is 0.737. The first-order chi connectivity index (χ1) is 7.15. The molecule has 0 aromatic carbocycles. The van der Waals surface area contributed by atoms with Crippen LogP contribution in [0.15, 0.2) is 17.2 Å². The molecule has 0 aliphatic carbocycles. The van der Waals surface area contributed by atoms with Gasteiger partial charge in [0.2, 0.25) is 0 Å². The van der Waals surface area contributed by atoms with Gasteiger partial charge in [-0.05, 0) is 6.42 Å². The molecular weight excluding hydrogens is 194 g/mol. The summed E-state index contributed by atoms with van der Waals surface area (Å²) in [6.07, 6.45) is 4.36. The molecule has 5 nitrogen and oxygen atoms in total. The summed E-state index contributed by atoms with van der Waals surface area (Å²) in [5, 5.41) is 12.3. The molecule has 1 heterocycles. The van der Waals surface area contributed by atoms with Crippen LogP contribution in [0.3, 0.4) is 0 Å². The number of rotatable bonds is 5. The van der Waals surface area contributed by atoms with Gasteiger partial charge in [0, 0.05) is 26.0 Å². The fourth-order valence-corrected chi connectivity index (χ4v) is 1.27. The number of aliphatic hydroxyl groups excluding tert-OH is 1. The zero-order valence-electron chi connectivity index (χ0n) is 9.10. The molecule has 84 valence electrons. The lowest BCUT2D eigenvalue weighted by Gasteiger charge is -2.10. The highest BCUT2D eigenvalue weighted by Gasteiger charge is 2.05. The predicted octanol–water partition coefficient (Wildman–Crippen LogP) is 0.353. The first-order valence-electron chi connectivity index (χ1n) is 5.08.